The SMILES string of the molecule is CC(C)(N)CNC(=O)C1(CN)CCCC1.Cl.Cl. The predicted molar refractivity (Wildman–Crippen MR) is 75.7 cm³/mol. The summed E-state index contributed by atoms with van der Waals surface area (Å²) >= 11 is 0. The van der Waals surface area contributed by atoms with E-state index in [4.69, 9.17) is 11.5 Å². The van der Waals surface area contributed by atoms with Crippen LogP contribution in [0.15, 0.2) is 0 Å². The summed E-state index contributed by atoms with van der Waals surface area (Å²) in [5.41, 5.74) is 10.9. The minimum Gasteiger partial charge on any atom is -0.354 e. The predicted octanol–water partition coefficient (Wildman–Crippen LogP) is 1.20. The Labute approximate surface area is 116 Å². The molecule has 0 unspecified atom stereocenters. The van der Waals surface area contributed by atoms with Crippen molar-refractivity contribution in [1.82, 2.24) is 5.32 Å². The molecular weight excluding hydrogens is 261 g/mol. The first-order valence-corrected chi connectivity index (χ1v) is 5.67. The van der Waals surface area contributed by atoms with E-state index in [1.807, 2.05) is 13.8 Å². The Morgan fingerprint density at radius 1 is 1.29 bits per heavy atom. The van der Waals surface area contributed by atoms with Crippen LogP contribution in [0.25, 0.3) is 0 Å². The third kappa shape index (κ3) is 5.42. The molecular formula is C11H25Cl2N3O. The van der Waals surface area contributed by atoms with E-state index in [2.05, 4.69) is 5.32 Å². The van der Waals surface area contributed by atoms with E-state index in [0.717, 1.165) is 25.7 Å². The molecule has 0 aromatic carbocycles. The van der Waals surface area contributed by atoms with Gasteiger partial charge in [0.1, 0.15) is 0 Å². The lowest BCUT2D eigenvalue weighted by Gasteiger charge is -2.28. The molecule has 0 aromatic heterocycles. The first-order valence-electron chi connectivity index (χ1n) is 5.67. The zero-order valence-corrected chi connectivity index (χ0v) is 12.3. The first-order chi connectivity index (χ1) is 6.90. The molecule has 0 radical (unpaired) electrons. The van der Waals surface area contributed by atoms with Crippen LogP contribution in [-0.4, -0.2) is 24.5 Å². The van der Waals surface area contributed by atoms with Gasteiger partial charge in [-0.3, -0.25) is 4.79 Å². The third-order valence-corrected chi connectivity index (χ3v) is 3.14. The molecule has 0 heterocycles. The molecule has 6 heteroatoms. The monoisotopic (exact) mass is 285 g/mol. The van der Waals surface area contributed by atoms with Crippen molar-refractivity contribution in [2.45, 2.75) is 45.1 Å². The van der Waals surface area contributed by atoms with Crippen molar-refractivity contribution in [1.29, 1.82) is 0 Å². The molecule has 1 fully saturated rings. The fraction of sp³-hybridized carbons (Fsp3) is 0.909. The summed E-state index contributed by atoms with van der Waals surface area (Å²) in [7, 11) is 0. The van der Waals surface area contributed by atoms with Gasteiger partial charge in [-0.2, -0.15) is 0 Å². The number of nitrogens with two attached hydrogens (primary N) is 2. The van der Waals surface area contributed by atoms with E-state index >= 15 is 0 Å². The van der Waals surface area contributed by atoms with Gasteiger partial charge in [0.05, 0.1) is 5.41 Å². The number of rotatable bonds is 4. The smallest absolute Gasteiger partial charge is 0.227 e. The Kier molecular flexibility index (Phi) is 8.42. The van der Waals surface area contributed by atoms with Crippen LogP contribution in [0.4, 0.5) is 0 Å². The standard InChI is InChI=1S/C11H23N3O.2ClH/c1-10(2,13)8-14-9(15)11(7-12)5-3-4-6-11;;/h3-8,12-13H2,1-2H3,(H,14,15);2*1H. The zero-order chi connectivity index (χ0) is 11.5. The number of amides is 1. The lowest BCUT2D eigenvalue weighted by Crippen LogP contribution is -2.51. The van der Waals surface area contributed by atoms with Gasteiger partial charge in [0, 0.05) is 18.6 Å². The number of carbonyl (C=O) groups is 1. The molecule has 1 amide bonds. The maximum absolute atomic E-state index is 12.0. The molecule has 0 saturated heterocycles. The highest BCUT2D eigenvalue weighted by molar-refractivity contribution is 5.85. The minimum absolute atomic E-state index is 0. The average molecular weight is 286 g/mol. The van der Waals surface area contributed by atoms with Crippen molar-refractivity contribution < 1.29 is 4.79 Å². The Bertz CT molecular complexity index is 235. The highest BCUT2D eigenvalue weighted by Crippen LogP contribution is 2.37. The fourth-order valence-electron chi connectivity index (χ4n) is 2.07. The van der Waals surface area contributed by atoms with Gasteiger partial charge in [0.25, 0.3) is 0 Å². The van der Waals surface area contributed by atoms with E-state index in [-0.39, 0.29) is 41.7 Å². The Morgan fingerprint density at radius 2 is 1.76 bits per heavy atom. The van der Waals surface area contributed by atoms with Gasteiger partial charge < -0.3 is 16.8 Å². The number of hydrogen-bond acceptors (Lipinski definition) is 3. The molecule has 0 aliphatic heterocycles. The van der Waals surface area contributed by atoms with E-state index in [0.29, 0.717) is 13.1 Å². The van der Waals surface area contributed by atoms with Crippen LogP contribution >= 0.6 is 24.8 Å². The summed E-state index contributed by atoms with van der Waals surface area (Å²) in [4.78, 5) is 12.0. The van der Waals surface area contributed by atoms with Gasteiger partial charge in [-0.05, 0) is 26.7 Å². The summed E-state index contributed by atoms with van der Waals surface area (Å²) in [6.07, 6.45) is 4.05. The average Bonchev–Trinajstić information content (AvgIpc) is 2.62. The van der Waals surface area contributed by atoms with Crippen LogP contribution in [0.5, 0.6) is 0 Å². The van der Waals surface area contributed by atoms with Crippen molar-refractivity contribution in [2.24, 2.45) is 16.9 Å². The molecule has 104 valence electrons. The highest BCUT2D eigenvalue weighted by Gasteiger charge is 2.39. The van der Waals surface area contributed by atoms with Gasteiger partial charge in [-0.25, -0.2) is 0 Å². The molecule has 5 N–H and O–H groups in total. The normalized spacial score (nSPS) is 17.9. The lowest BCUT2D eigenvalue weighted by atomic mass is 9.85. The van der Waals surface area contributed by atoms with Crippen LogP contribution in [0.3, 0.4) is 0 Å². The molecule has 1 rings (SSSR count). The number of nitrogens with one attached hydrogen (secondary N) is 1. The minimum atomic E-state index is -0.357. The lowest BCUT2D eigenvalue weighted by molar-refractivity contribution is -0.130. The number of hydrogen-bond donors (Lipinski definition) is 3. The van der Waals surface area contributed by atoms with Gasteiger partial charge in [-0.15, -0.1) is 24.8 Å². The molecule has 1 saturated carbocycles. The zero-order valence-electron chi connectivity index (χ0n) is 10.6. The molecule has 1 aliphatic rings. The molecule has 0 bridgehead atoms. The number of carbonyl (C=O) groups excluding carboxylic acids is 1. The summed E-state index contributed by atoms with van der Waals surface area (Å²) in [6.45, 7) is 4.76. The maximum Gasteiger partial charge on any atom is 0.227 e. The summed E-state index contributed by atoms with van der Waals surface area (Å²) in [5, 5.41) is 2.91. The van der Waals surface area contributed by atoms with Crippen molar-refractivity contribution in [3.8, 4) is 0 Å². The van der Waals surface area contributed by atoms with Crippen molar-refractivity contribution in [3.05, 3.63) is 0 Å². The van der Waals surface area contributed by atoms with Gasteiger partial charge in [-0.1, -0.05) is 12.8 Å². The first kappa shape index (κ1) is 19.3. The fourth-order valence-corrected chi connectivity index (χ4v) is 2.07. The Hall–Kier alpha value is -0.0300. The molecule has 0 atom stereocenters. The molecule has 0 aromatic rings. The highest BCUT2D eigenvalue weighted by atomic mass is 35.5. The second kappa shape index (κ2) is 7.41. The van der Waals surface area contributed by atoms with E-state index in [9.17, 15) is 4.79 Å². The molecule has 4 nitrogen and oxygen atoms in total. The third-order valence-electron chi connectivity index (χ3n) is 3.14. The van der Waals surface area contributed by atoms with Crippen LogP contribution < -0.4 is 16.8 Å². The molecule has 1 aliphatic carbocycles. The van der Waals surface area contributed by atoms with Crippen molar-refractivity contribution >= 4 is 30.7 Å². The van der Waals surface area contributed by atoms with E-state index in [1.165, 1.54) is 0 Å². The Morgan fingerprint density at radius 3 is 2.12 bits per heavy atom. The summed E-state index contributed by atoms with van der Waals surface area (Å²) in [5.74, 6) is 0.0843. The van der Waals surface area contributed by atoms with Crippen LogP contribution in [0.2, 0.25) is 0 Å². The molecule has 0 spiro atoms. The van der Waals surface area contributed by atoms with E-state index in [1.54, 1.807) is 0 Å². The Balaban J connectivity index is 0. The van der Waals surface area contributed by atoms with Crippen molar-refractivity contribution in [3.63, 3.8) is 0 Å². The maximum atomic E-state index is 12.0. The van der Waals surface area contributed by atoms with Crippen LogP contribution in [-0.2, 0) is 4.79 Å². The quantitative estimate of drug-likeness (QED) is 0.726. The number of halogens is 2. The summed E-state index contributed by atoms with van der Waals surface area (Å²) < 4.78 is 0. The topological polar surface area (TPSA) is 81.1 Å². The second-order valence-electron chi connectivity index (χ2n) is 5.36. The van der Waals surface area contributed by atoms with Gasteiger partial charge in [0.15, 0.2) is 0 Å². The molecule has 17 heavy (non-hydrogen) atoms. The van der Waals surface area contributed by atoms with Gasteiger partial charge in [0.2, 0.25) is 5.91 Å². The summed E-state index contributed by atoms with van der Waals surface area (Å²) in [6, 6.07) is 0. The van der Waals surface area contributed by atoms with E-state index < -0.39 is 0 Å². The largest absolute Gasteiger partial charge is 0.354 e. The second-order valence-corrected chi connectivity index (χ2v) is 5.36. The van der Waals surface area contributed by atoms with Crippen molar-refractivity contribution in [2.75, 3.05) is 13.1 Å². The van der Waals surface area contributed by atoms with Crippen LogP contribution in [0, 0.1) is 5.41 Å². The van der Waals surface area contributed by atoms with Crippen LogP contribution in [0.1, 0.15) is 39.5 Å². The van der Waals surface area contributed by atoms with Gasteiger partial charge >= 0.3 is 0 Å².